The number of nitrogens with zero attached hydrogens (tertiary/aromatic N) is 1. The van der Waals surface area contributed by atoms with Crippen LogP contribution in [0.2, 0.25) is 0 Å². The van der Waals surface area contributed by atoms with Gasteiger partial charge in [-0.2, -0.15) is 0 Å². The number of imidazole rings is 1. The van der Waals surface area contributed by atoms with E-state index < -0.39 is 5.97 Å². The Morgan fingerprint density at radius 2 is 1.78 bits per heavy atom. The first kappa shape index (κ1) is 18.8. The van der Waals surface area contributed by atoms with Gasteiger partial charge >= 0.3 is 5.97 Å². The lowest BCUT2D eigenvalue weighted by Gasteiger charge is -1.99. The highest BCUT2D eigenvalue weighted by molar-refractivity contribution is 5.92. The molecule has 1 heterocycles. The Labute approximate surface area is 145 Å². The van der Waals surface area contributed by atoms with Crippen molar-refractivity contribution in [3.8, 4) is 0 Å². The zero-order valence-corrected chi connectivity index (χ0v) is 13.6. The predicted molar refractivity (Wildman–Crippen MR) is 81.3 cm³/mol. The fourth-order valence-electron chi connectivity index (χ4n) is 2.26. The van der Waals surface area contributed by atoms with Crippen LogP contribution in [-0.2, 0) is 12.8 Å². The summed E-state index contributed by atoms with van der Waals surface area (Å²) in [5, 5.41) is 8.98. The average Bonchev–Trinajstić information content (AvgIpc) is 2.88. The Kier molecular flexibility index (Phi) is 6.42. The molecule has 0 saturated heterocycles. The molecule has 0 bridgehead atoms. The number of benzene rings is 2. The molecule has 0 saturated carbocycles. The highest BCUT2D eigenvalue weighted by Crippen LogP contribution is 2.15. The van der Waals surface area contributed by atoms with Gasteiger partial charge in [0.05, 0.1) is 16.6 Å². The van der Waals surface area contributed by atoms with Gasteiger partial charge in [0, 0.05) is 12.1 Å². The Morgan fingerprint density at radius 1 is 1.09 bits per heavy atom. The third-order valence-corrected chi connectivity index (χ3v) is 3.41. The summed E-state index contributed by atoms with van der Waals surface area (Å²) in [7, 11) is 0. The van der Waals surface area contributed by atoms with E-state index in [0.29, 0.717) is 0 Å². The van der Waals surface area contributed by atoms with Crippen LogP contribution in [0.25, 0.3) is 11.0 Å². The minimum atomic E-state index is -0.935. The van der Waals surface area contributed by atoms with Gasteiger partial charge in [0.1, 0.15) is 5.82 Å². The van der Waals surface area contributed by atoms with E-state index in [1.165, 1.54) is 5.56 Å². The van der Waals surface area contributed by atoms with Crippen molar-refractivity contribution in [2.24, 2.45) is 0 Å². The zero-order valence-electron chi connectivity index (χ0n) is 12.1. The molecule has 23 heavy (non-hydrogen) atoms. The van der Waals surface area contributed by atoms with Gasteiger partial charge in [-0.15, -0.1) is 0 Å². The minimum absolute atomic E-state index is 0. The lowest BCUT2D eigenvalue weighted by atomic mass is 10.1. The van der Waals surface area contributed by atoms with Crippen LogP contribution in [0.4, 0.5) is 5.69 Å². The van der Waals surface area contributed by atoms with E-state index in [4.69, 9.17) is 10.8 Å². The number of aromatic amines is 1. The second kappa shape index (κ2) is 7.85. The molecule has 4 N–H and O–H groups in total. The average molecular weight is 352 g/mol. The first-order valence-electron chi connectivity index (χ1n) is 6.68. The van der Waals surface area contributed by atoms with E-state index in [9.17, 15) is 4.79 Å². The maximum Gasteiger partial charge on any atom is 0.335 e. The van der Waals surface area contributed by atoms with Crippen molar-refractivity contribution >= 4 is 22.7 Å². The molecule has 122 valence electrons. The largest absolute Gasteiger partial charge is 1.00 e. The summed E-state index contributed by atoms with van der Waals surface area (Å²) in [6.45, 7) is 0. The fraction of sp³-hybridized carbons (Fsp3) is 0.125. The minimum Gasteiger partial charge on any atom is -1.00 e. The number of fused-ring (bicyclic) bond motifs is 1. The first-order valence-corrected chi connectivity index (χ1v) is 6.68. The van der Waals surface area contributed by atoms with Crippen molar-refractivity contribution in [1.82, 2.24) is 9.97 Å². The number of nitrogens with one attached hydrogen (secondary N) is 1. The van der Waals surface area contributed by atoms with Crippen molar-refractivity contribution in [1.29, 1.82) is 0 Å². The Hall–Kier alpha value is -2.24. The zero-order chi connectivity index (χ0) is 14.8. The van der Waals surface area contributed by atoms with E-state index in [0.717, 1.165) is 35.4 Å². The summed E-state index contributed by atoms with van der Waals surface area (Å²) in [6.07, 6.45) is 1.62. The summed E-state index contributed by atoms with van der Waals surface area (Å²) in [4.78, 5) is 18.6. The number of carbonyl (C=O) groups is 1. The summed E-state index contributed by atoms with van der Waals surface area (Å²) in [5.41, 5.74) is 9.40. The van der Waals surface area contributed by atoms with Crippen LogP contribution in [0.5, 0.6) is 0 Å². The molecule has 0 aliphatic carbocycles. The number of aryl methyl sites for hydroxylation is 2. The number of halogens is 2. The number of aromatic carboxylic acids is 1. The van der Waals surface area contributed by atoms with Crippen LogP contribution in [0, 0.1) is 0 Å². The van der Waals surface area contributed by atoms with Gasteiger partial charge in [0.2, 0.25) is 0 Å². The van der Waals surface area contributed by atoms with Crippen molar-refractivity contribution in [3.05, 3.63) is 59.4 Å². The van der Waals surface area contributed by atoms with Crippen LogP contribution >= 0.6 is 0 Å². The Bertz CT molecular complexity index is 801. The molecule has 0 unspecified atom stereocenters. The van der Waals surface area contributed by atoms with Crippen LogP contribution < -0.4 is 30.5 Å². The van der Waals surface area contributed by atoms with Gasteiger partial charge in [-0.1, -0.05) is 12.1 Å². The lowest BCUT2D eigenvalue weighted by Crippen LogP contribution is -3.00. The molecule has 3 rings (SSSR count). The molecule has 3 aromatic rings. The third kappa shape index (κ3) is 4.37. The Balaban J connectivity index is 0.00000132. The van der Waals surface area contributed by atoms with Crippen molar-refractivity contribution < 1.29 is 34.7 Å². The van der Waals surface area contributed by atoms with Crippen molar-refractivity contribution in [3.63, 3.8) is 0 Å². The number of carboxylic acids is 1. The first-order chi connectivity index (χ1) is 10.1. The molecule has 0 aliphatic rings. The molecular weight excluding hydrogens is 337 g/mol. The molecule has 0 aliphatic heterocycles. The van der Waals surface area contributed by atoms with Gasteiger partial charge in [-0.3, -0.25) is 0 Å². The Morgan fingerprint density at radius 3 is 2.43 bits per heavy atom. The lowest BCUT2D eigenvalue weighted by molar-refractivity contribution is -0.001000. The molecule has 7 heteroatoms. The van der Waals surface area contributed by atoms with Gasteiger partial charge in [-0.05, 0) is 42.3 Å². The number of rotatable bonds is 4. The van der Waals surface area contributed by atoms with Crippen LogP contribution in [-0.4, -0.2) is 21.0 Å². The number of H-pyrrole nitrogens is 1. The SMILES string of the molecule is Nc1ccc(CCc2nc3ccc(C(=O)O)cc3[nH]2)cc1.[Cl-].[Cl-]. The maximum absolute atomic E-state index is 10.9. The summed E-state index contributed by atoms with van der Waals surface area (Å²) in [5.74, 6) is -0.0840. The number of hydrogen-bond acceptors (Lipinski definition) is 3. The standard InChI is InChI=1S/C16H15N3O2.2ClH/c17-12-5-1-10(2-6-12)3-8-15-18-13-7-4-11(16(20)21)9-14(13)19-15;;/h1-2,4-7,9H,3,8,17H2,(H,18,19)(H,20,21);2*1H/p-2. The molecule has 1 aromatic heterocycles. The molecule has 2 aromatic carbocycles. The second-order valence-electron chi connectivity index (χ2n) is 4.96. The van der Waals surface area contributed by atoms with Crippen molar-refractivity contribution in [2.75, 3.05) is 5.73 Å². The molecule has 0 radical (unpaired) electrons. The summed E-state index contributed by atoms with van der Waals surface area (Å²) < 4.78 is 0. The second-order valence-corrected chi connectivity index (χ2v) is 4.96. The summed E-state index contributed by atoms with van der Waals surface area (Å²) in [6, 6.07) is 12.7. The molecule has 0 spiro atoms. The highest BCUT2D eigenvalue weighted by atomic mass is 35.5. The highest BCUT2D eigenvalue weighted by Gasteiger charge is 2.07. The fourth-order valence-corrected chi connectivity index (χ4v) is 2.26. The molecular formula is C16H15Cl2N3O2-2. The van der Waals surface area contributed by atoms with Crippen molar-refractivity contribution in [2.45, 2.75) is 12.8 Å². The molecule has 0 atom stereocenters. The number of aromatic nitrogens is 2. The number of hydrogen-bond donors (Lipinski definition) is 3. The van der Waals surface area contributed by atoms with Gasteiger partial charge in [0.25, 0.3) is 0 Å². The van der Waals surface area contributed by atoms with Crippen LogP contribution in [0.3, 0.4) is 0 Å². The number of anilines is 1. The van der Waals surface area contributed by atoms with Crippen LogP contribution in [0.15, 0.2) is 42.5 Å². The monoisotopic (exact) mass is 351 g/mol. The van der Waals surface area contributed by atoms with Gasteiger partial charge < -0.3 is 40.6 Å². The van der Waals surface area contributed by atoms with E-state index in [-0.39, 0.29) is 30.4 Å². The maximum atomic E-state index is 10.9. The summed E-state index contributed by atoms with van der Waals surface area (Å²) >= 11 is 0. The third-order valence-electron chi connectivity index (χ3n) is 3.41. The quantitative estimate of drug-likeness (QED) is 0.428. The van der Waals surface area contributed by atoms with E-state index >= 15 is 0 Å². The van der Waals surface area contributed by atoms with E-state index in [1.807, 2.05) is 24.3 Å². The number of carboxylic acid groups (broad SMARTS) is 1. The number of nitrogens with two attached hydrogens (primary N) is 1. The predicted octanol–water partition coefficient (Wildman–Crippen LogP) is -3.36. The molecule has 0 fully saturated rings. The van der Waals surface area contributed by atoms with E-state index in [2.05, 4.69) is 9.97 Å². The smallest absolute Gasteiger partial charge is 0.335 e. The molecule has 0 amide bonds. The topological polar surface area (TPSA) is 92.0 Å². The number of nitrogen functional groups attached to an aromatic ring is 1. The van der Waals surface area contributed by atoms with Crippen LogP contribution in [0.1, 0.15) is 21.7 Å². The van der Waals surface area contributed by atoms with Gasteiger partial charge in [0.15, 0.2) is 0 Å². The van der Waals surface area contributed by atoms with Gasteiger partial charge in [-0.25, -0.2) is 9.78 Å². The van der Waals surface area contributed by atoms with E-state index in [1.54, 1.807) is 18.2 Å². The molecule has 5 nitrogen and oxygen atoms in total. The normalized spacial score (nSPS) is 9.91.